The van der Waals surface area contributed by atoms with E-state index < -0.39 is 14.6 Å². The lowest BCUT2D eigenvalue weighted by atomic mass is 10.3. The van der Waals surface area contributed by atoms with Crippen molar-refractivity contribution in [2.45, 2.75) is 32.1 Å². The highest BCUT2D eigenvalue weighted by Gasteiger charge is 2.27. The molecule has 0 amide bonds. The summed E-state index contributed by atoms with van der Waals surface area (Å²) in [6, 6.07) is 1.80. The number of nitrogens with zero attached hydrogens (tertiary/aromatic N) is 2. The van der Waals surface area contributed by atoms with Crippen LogP contribution in [0.1, 0.15) is 26.5 Å². The second-order valence-electron chi connectivity index (χ2n) is 4.81. The molecule has 0 bridgehead atoms. The Hall–Kier alpha value is -1.01. The highest BCUT2D eigenvalue weighted by atomic mass is 32.2. The van der Waals surface area contributed by atoms with Gasteiger partial charge in [0.1, 0.15) is 6.33 Å². The molecule has 0 radical (unpaired) electrons. The Morgan fingerprint density at radius 2 is 2.06 bits per heavy atom. The molecule has 96 valence electrons. The monoisotopic (exact) mass is 257 g/mol. The maximum Gasteiger partial charge on any atom is 0.156 e. The summed E-state index contributed by atoms with van der Waals surface area (Å²) in [7, 11) is -3.05. The van der Waals surface area contributed by atoms with Gasteiger partial charge in [-0.05, 0) is 26.8 Å². The van der Waals surface area contributed by atoms with Crippen LogP contribution in [0.5, 0.6) is 0 Å². The van der Waals surface area contributed by atoms with Crippen molar-refractivity contribution >= 4 is 9.84 Å². The molecule has 0 atom stereocenters. The predicted octanol–water partition coefficient (Wildman–Crippen LogP) is 0.779. The largest absolute Gasteiger partial charge is 0.310 e. The predicted molar refractivity (Wildman–Crippen MR) is 67.3 cm³/mol. The van der Waals surface area contributed by atoms with Gasteiger partial charge in [0.2, 0.25) is 0 Å². The van der Waals surface area contributed by atoms with Crippen LogP contribution in [-0.2, 0) is 16.4 Å². The normalized spacial score (nSPS) is 12.6. The van der Waals surface area contributed by atoms with Crippen molar-refractivity contribution in [1.82, 2.24) is 15.3 Å². The van der Waals surface area contributed by atoms with E-state index in [1.165, 1.54) is 6.33 Å². The SMILES string of the molecule is CC(C)(C)S(=O)(=O)CCNCc1ccncn1. The molecule has 6 heteroatoms. The average Bonchev–Trinajstić information content (AvgIpc) is 2.24. The zero-order valence-electron chi connectivity index (χ0n) is 10.5. The molecule has 17 heavy (non-hydrogen) atoms. The first-order valence-electron chi connectivity index (χ1n) is 5.51. The summed E-state index contributed by atoms with van der Waals surface area (Å²) < 4.78 is 22.9. The first kappa shape index (κ1) is 14.1. The summed E-state index contributed by atoms with van der Waals surface area (Å²) >= 11 is 0. The van der Waals surface area contributed by atoms with E-state index in [2.05, 4.69) is 15.3 Å². The van der Waals surface area contributed by atoms with Gasteiger partial charge < -0.3 is 5.32 Å². The van der Waals surface area contributed by atoms with Crippen molar-refractivity contribution < 1.29 is 8.42 Å². The molecule has 0 aromatic carbocycles. The van der Waals surface area contributed by atoms with E-state index in [4.69, 9.17) is 0 Å². The van der Waals surface area contributed by atoms with Crippen LogP contribution in [0.3, 0.4) is 0 Å². The first-order chi connectivity index (χ1) is 7.83. The minimum atomic E-state index is -3.05. The van der Waals surface area contributed by atoms with Gasteiger partial charge in [-0.2, -0.15) is 0 Å². The highest BCUT2D eigenvalue weighted by molar-refractivity contribution is 7.92. The lowest BCUT2D eigenvalue weighted by Gasteiger charge is -2.19. The smallest absolute Gasteiger partial charge is 0.156 e. The Morgan fingerprint density at radius 1 is 1.35 bits per heavy atom. The van der Waals surface area contributed by atoms with E-state index in [-0.39, 0.29) is 5.75 Å². The van der Waals surface area contributed by atoms with Crippen LogP contribution < -0.4 is 5.32 Å². The quantitative estimate of drug-likeness (QED) is 0.789. The Kier molecular flexibility index (Phi) is 4.59. The Balaban J connectivity index is 2.35. The zero-order valence-corrected chi connectivity index (χ0v) is 11.3. The molecule has 1 heterocycles. The van der Waals surface area contributed by atoms with Crippen molar-refractivity contribution in [1.29, 1.82) is 0 Å². The number of nitrogens with one attached hydrogen (secondary N) is 1. The third kappa shape index (κ3) is 4.40. The number of rotatable bonds is 5. The molecule has 0 aliphatic heterocycles. The second-order valence-corrected chi connectivity index (χ2v) is 7.67. The number of sulfone groups is 1. The Labute approximate surface area is 103 Å². The van der Waals surface area contributed by atoms with Crippen LogP contribution in [0.15, 0.2) is 18.6 Å². The van der Waals surface area contributed by atoms with Crippen molar-refractivity contribution in [3.63, 3.8) is 0 Å². The molecule has 0 spiro atoms. The molecule has 0 saturated heterocycles. The zero-order chi connectivity index (χ0) is 12.9. The van der Waals surface area contributed by atoms with Crippen molar-refractivity contribution in [2.24, 2.45) is 0 Å². The van der Waals surface area contributed by atoms with Gasteiger partial charge in [-0.3, -0.25) is 0 Å². The molecule has 5 nitrogen and oxygen atoms in total. The molecule has 1 N–H and O–H groups in total. The van der Waals surface area contributed by atoms with E-state index in [0.717, 1.165) is 5.69 Å². The molecular weight excluding hydrogens is 238 g/mol. The standard InChI is InChI=1S/C11H19N3O2S/c1-11(2,3)17(15,16)7-6-12-8-10-4-5-13-9-14-10/h4-5,9,12H,6-8H2,1-3H3. The average molecular weight is 257 g/mol. The van der Waals surface area contributed by atoms with Crippen LogP contribution >= 0.6 is 0 Å². The molecule has 0 fully saturated rings. The van der Waals surface area contributed by atoms with Crippen LogP contribution in [0.4, 0.5) is 0 Å². The molecular formula is C11H19N3O2S. The third-order valence-corrected chi connectivity index (χ3v) is 5.04. The Morgan fingerprint density at radius 3 is 2.59 bits per heavy atom. The molecule has 0 aliphatic rings. The van der Waals surface area contributed by atoms with Gasteiger partial charge >= 0.3 is 0 Å². The van der Waals surface area contributed by atoms with Gasteiger partial charge in [0.15, 0.2) is 9.84 Å². The van der Waals surface area contributed by atoms with Gasteiger partial charge in [0.05, 0.1) is 16.2 Å². The maximum atomic E-state index is 11.8. The second kappa shape index (κ2) is 5.55. The van der Waals surface area contributed by atoms with E-state index >= 15 is 0 Å². The van der Waals surface area contributed by atoms with Crippen LogP contribution in [0.2, 0.25) is 0 Å². The number of hydrogen-bond donors (Lipinski definition) is 1. The summed E-state index contributed by atoms with van der Waals surface area (Å²) in [6.07, 6.45) is 3.14. The number of hydrogen-bond acceptors (Lipinski definition) is 5. The topological polar surface area (TPSA) is 72.0 Å². The fourth-order valence-corrected chi connectivity index (χ4v) is 2.18. The Bertz CT molecular complexity index is 438. The van der Waals surface area contributed by atoms with Crippen LogP contribution in [0.25, 0.3) is 0 Å². The summed E-state index contributed by atoms with van der Waals surface area (Å²) in [5.41, 5.74) is 0.855. The maximum absolute atomic E-state index is 11.8. The van der Waals surface area contributed by atoms with Gasteiger partial charge in [0, 0.05) is 19.3 Å². The molecule has 1 aromatic rings. The molecule has 0 unspecified atom stereocenters. The summed E-state index contributed by atoms with van der Waals surface area (Å²) in [4.78, 5) is 7.85. The molecule has 1 aromatic heterocycles. The lowest BCUT2D eigenvalue weighted by Crippen LogP contribution is -2.34. The highest BCUT2D eigenvalue weighted by Crippen LogP contribution is 2.15. The van der Waals surface area contributed by atoms with E-state index in [0.29, 0.717) is 13.1 Å². The van der Waals surface area contributed by atoms with E-state index in [9.17, 15) is 8.42 Å². The van der Waals surface area contributed by atoms with Crippen molar-refractivity contribution in [2.75, 3.05) is 12.3 Å². The summed E-state index contributed by atoms with van der Waals surface area (Å²) in [5, 5.41) is 3.06. The first-order valence-corrected chi connectivity index (χ1v) is 7.16. The molecule has 0 aliphatic carbocycles. The van der Waals surface area contributed by atoms with E-state index in [1.807, 2.05) is 0 Å². The van der Waals surface area contributed by atoms with Crippen molar-refractivity contribution in [3.05, 3.63) is 24.3 Å². The minimum absolute atomic E-state index is 0.140. The molecule has 1 rings (SSSR count). The van der Waals surface area contributed by atoms with Gasteiger partial charge in [-0.15, -0.1) is 0 Å². The number of aromatic nitrogens is 2. The van der Waals surface area contributed by atoms with Gasteiger partial charge in [-0.25, -0.2) is 18.4 Å². The fraction of sp³-hybridized carbons (Fsp3) is 0.636. The van der Waals surface area contributed by atoms with E-state index in [1.54, 1.807) is 33.0 Å². The van der Waals surface area contributed by atoms with Crippen LogP contribution in [0, 0.1) is 0 Å². The molecule has 0 saturated carbocycles. The fourth-order valence-electron chi connectivity index (χ4n) is 1.15. The van der Waals surface area contributed by atoms with Gasteiger partial charge in [-0.1, -0.05) is 0 Å². The summed E-state index contributed by atoms with van der Waals surface area (Å²) in [6.45, 7) is 6.14. The van der Waals surface area contributed by atoms with Crippen molar-refractivity contribution in [3.8, 4) is 0 Å². The third-order valence-electron chi connectivity index (χ3n) is 2.43. The lowest BCUT2D eigenvalue weighted by molar-refractivity contribution is 0.555. The summed E-state index contributed by atoms with van der Waals surface area (Å²) in [5.74, 6) is 0.140. The van der Waals surface area contributed by atoms with Gasteiger partial charge in [0.25, 0.3) is 0 Å². The minimum Gasteiger partial charge on any atom is -0.310 e. The van der Waals surface area contributed by atoms with Crippen LogP contribution in [-0.4, -0.2) is 35.4 Å².